The minimum Gasteiger partial charge on any atom is -0.324 e. The molecular formula is C30H28Cl2N4O. The Morgan fingerprint density at radius 3 is 2.35 bits per heavy atom. The Labute approximate surface area is 226 Å². The van der Waals surface area contributed by atoms with Crippen LogP contribution in [0.3, 0.4) is 0 Å². The van der Waals surface area contributed by atoms with Gasteiger partial charge in [-0.15, -0.1) is 0 Å². The fourth-order valence-corrected chi connectivity index (χ4v) is 8.19. The number of hydrazone groups is 1. The second-order valence-electron chi connectivity index (χ2n) is 10.8. The average Bonchev–Trinajstić information content (AvgIpc) is 3.54. The lowest BCUT2D eigenvalue weighted by molar-refractivity contribution is -0.129. The van der Waals surface area contributed by atoms with Gasteiger partial charge in [0.15, 0.2) is 0 Å². The van der Waals surface area contributed by atoms with Gasteiger partial charge in [0.25, 0.3) is 5.91 Å². The Balaban J connectivity index is 1.45. The topological polar surface area (TPSA) is 56.7 Å². The third-order valence-electron chi connectivity index (χ3n) is 9.29. The van der Waals surface area contributed by atoms with Crippen molar-refractivity contribution in [1.29, 1.82) is 0 Å². The minimum absolute atomic E-state index is 0.0472. The molecule has 5 nitrogen and oxygen atoms in total. The SMILES string of the molecule is CN1C[C@@H](c2ccc(Cl)cc2)[C@@]2(CCCC3C2=NNC3c2ccc(Cl)cc2)[C@@]12C(=O)Nc1ccccc12. The molecule has 2 fully saturated rings. The van der Waals surface area contributed by atoms with Crippen molar-refractivity contribution in [2.75, 3.05) is 18.9 Å². The molecule has 2 unspecified atom stereocenters. The number of para-hydroxylation sites is 1. The highest BCUT2D eigenvalue weighted by molar-refractivity contribution is 6.30. The van der Waals surface area contributed by atoms with E-state index in [1.165, 1.54) is 11.1 Å². The number of nitrogens with zero attached hydrogens (tertiary/aromatic N) is 2. The number of hydrogen-bond donors (Lipinski definition) is 2. The molecule has 2 spiro atoms. The summed E-state index contributed by atoms with van der Waals surface area (Å²) in [6, 6.07) is 24.5. The number of carbonyl (C=O) groups is 1. The molecule has 3 aliphatic heterocycles. The van der Waals surface area contributed by atoms with Crippen LogP contribution in [-0.4, -0.2) is 30.1 Å². The third-order valence-corrected chi connectivity index (χ3v) is 9.79. The van der Waals surface area contributed by atoms with E-state index in [2.05, 4.69) is 53.0 Å². The smallest absolute Gasteiger partial charge is 0.250 e. The number of anilines is 1. The average molecular weight is 531 g/mol. The van der Waals surface area contributed by atoms with E-state index < -0.39 is 11.0 Å². The first-order valence-corrected chi connectivity index (χ1v) is 13.7. The van der Waals surface area contributed by atoms with Crippen molar-refractivity contribution in [2.24, 2.45) is 16.4 Å². The first kappa shape index (κ1) is 23.3. The van der Waals surface area contributed by atoms with Crippen LogP contribution in [0.25, 0.3) is 0 Å². The molecule has 37 heavy (non-hydrogen) atoms. The molecule has 0 bridgehead atoms. The summed E-state index contributed by atoms with van der Waals surface area (Å²) in [6.45, 7) is 0.751. The molecule has 1 saturated heterocycles. The van der Waals surface area contributed by atoms with Gasteiger partial charge in [-0.3, -0.25) is 9.69 Å². The highest BCUT2D eigenvalue weighted by Gasteiger charge is 2.74. The Hall–Kier alpha value is -2.86. The third kappa shape index (κ3) is 3.02. The van der Waals surface area contributed by atoms with Gasteiger partial charge >= 0.3 is 0 Å². The number of carbonyl (C=O) groups excluding carboxylic acids is 1. The number of amides is 1. The predicted molar refractivity (Wildman–Crippen MR) is 148 cm³/mol. The molecule has 1 amide bonds. The summed E-state index contributed by atoms with van der Waals surface area (Å²) in [5, 5.41) is 9.82. The lowest BCUT2D eigenvalue weighted by Crippen LogP contribution is -2.60. The van der Waals surface area contributed by atoms with Gasteiger partial charge in [0.2, 0.25) is 0 Å². The summed E-state index contributed by atoms with van der Waals surface area (Å²) >= 11 is 12.5. The number of nitrogens with one attached hydrogen (secondary N) is 2. The van der Waals surface area contributed by atoms with E-state index in [0.29, 0.717) is 5.02 Å². The van der Waals surface area contributed by atoms with Crippen LogP contribution in [0.4, 0.5) is 5.69 Å². The Morgan fingerprint density at radius 2 is 1.62 bits per heavy atom. The molecule has 0 aromatic heterocycles. The van der Waals surface area contributed by atoms with Crippen LogP contribution >= 0.6 is 23.2 Å². The van der Waals surface area contributed by atoms with Crippen molar-refractivity contribution < 1.29 is 4.79 Å². The van der Waals surface area contributed by atoms with Crippen LogP contribution in [-0.2, 0) is 10.3 Å². The molecule has 5 atom stereocenters. The van der Waals surface area contributed by atoms with Crippen molar-refractivity contribution in [2.45, 2.75) is 36.8 Å². The molecule has 3 aromatic carbocycles. The monoisotopic (exact) mass is 530 g/mol. The molecule has 2 N–H and O–H groups in total. The number of benzene rings is 3. The largest absolute Gasteiger partial charge is 0.324 e. The number of likely N-dealkylation sites (tertiary alicyclic amines) is 1. The first-order chi connectivity index (χ1) is 18.0. The molecule has 4 aliphatic rings. The van der Waals surface area contributed by atoms with E-state index in [9.17, 15) is 4.79 Å². The van der Waals surface area contributed by atoms with Crippen LogP contribution in [0.2, 0.25) is 10.0 Å². The fraction of sp³-hybridized carbons (Fsp3) is 0.333. The van der Waals surface area contributed by atoms with Crippen LogP contribution in [0.1, 0.15) is 47.9 Å². The maximum atomic E-state index is 14.3. The highest BCUT2D eigenvalue weighted by atomic mass is 35.5. The molecule has 188 valence electrons. The van der Waals surface area contributed by atoms with Crippen LogP contribution in [0.5, 0.6) is 0 Å². The van der Waals surface area contributed by atoms with E-state index in [1.54, 1.807) is 0 Å². The van der Waals surface area contributed by atoms with Crippen LogP contribution < -0.4 is 10.7 Å². The zero-order valence-electron chi connectivity index (χ0n) is 20.5. The van der Waals surface area contributed by atoms with Gasteiger partial charge < -0.3 is 10.7 Å². The molecule has 7 rings (SSSR count). The second kappa shape index (κ2) is 8.32. The molecular weight excluding hydrogens is 503 g/mol. The van der Waals surface area contributed by atoms with Crippen LogP contribution in [0, 0.1) is 11.3 Å². The van der Waals surface area contributed by atoms with Crippen molar-refractivity contribution in [3.63, 3.8) is 0 Å². The van der Waals surface area contributed by atoms with Gasteiger partial charge in [0.05, 0.1) is 17.2 Å². The Bertz CT molecular complexity index is 1420. The van der Waals surface area contributed by atoms with E-state index in [4.69, 9.17) is 28.3 Å². The normalized spacial score (nSPS) is 32.2. The number of fused-ring (bicyclic) bond motifs is 5. The summed E-state index contributed by atoms with van der Waals surface area (Å²) in [4.78, 5) is 16.6. The van der Waals surface area contributed by atoms with Gasteiger partial charge in [-0.05, 0) is 61.3 Å². The van der Waals surface area contributed by atoms with Gasteiger partial charge in [-0.25, -0.2) is 0 Å². The second-order valence-corrected chi connectivity index (χ2v) is 11.7. The standard InChI is InChI=1S/C30H28Cl2N4O/c1-36-17-24(18-8-12-20(31)13-9-18)29(30(36)23-6-2-3-7-25(23)33-28(30)37)16-4-5-22-26(34-35-27(22)29)19-10-14-21(32)15-11-19/h2-3,6-15,22,24,26,34H,4-5,16-17H2,1H3,(H,33,37)/t22?,24-,26?,29+,30+/m0/s1. The summed E-state index contributed by atoms with van der Waals surface area (Å²) in [5.41, 5.74) is 7.59. The minimum atomic E-state index is -0.845. The highest BCUT2D eigenvalue weighted by Crippen LogP contribution is 2.67. The van der Waals surface area contributed by atoms with E-state index in [0.717, 1.165) is 47.8 Å². The molecule has 7 heteroatoms. The zero-order chi connectivity index (χ0) is 25.4. The maximum Gasteiger partial charge on any atom is 0.250 e. The number of hydrogen-bond acceptors (Lipinski definition) is 4. The van der Waals surface area contributed by atoms with Crippen molar-refractivity contribution in [3.8, 4) is 0 Å². The van der Waals surface area contributed by atoms with Crippen molar-refractivity contribution >= 4 is 40.5 Å². The zero-order valence-corrected chi connectivity index (χ0v) is 22.1. The van der Waals surface area contributed by atoms with E-state index in [-0.39, 0.29) is 23.8 Å². The van der Waals surface area contributed by atoms with Gasteiger partial charge in [0, 0.05) is 39.7 Å². The predicted octanol–water partition coefficient (Wildman–Crippen LogP) is 6.36. The molecule has 0 radical (unpaired) electrons. The maximum absolute atomic E-state index is 14.3. The summed E-state index contributed by atoms with van der Waals surface area (Å²) in [7, 11) is 2.10. The van der Waals surface area contributed by atoms with Crippen molar-refractivity contribution in [3.05, 3.63) is 99.5 Å². The quantitative estimate of drug-likeness (QED) is 0.405. The fourth-order valence-electron chi connectivity index (χ4n) is 7.94. The molecule has 1 saturated carbocycles. The molecule has 3 heterocycles. The van der Waals surface area contributed by atoms with Crippen molar-refractivity contribution in [1.82, 2.24) is 10.3 Å². The Kier molecular flexibility index (Phi) is 5.23. The van der Waals surface area contributed by atoms with Crippen LogP contribution in [0.15, 0.2) is 77.9 Å². The van der Waals surface area contributed by atoms with Gasteiger partial charge in [-0.1, -0.05) is 72.1 Å². The number of likely N-dealkylation sites (N-methyl/N-ethyl adjacent to an activating group) is 1. The lowest BCUT2D eigenvalue weighted by atomic mass is 9.51. The number of halogens is 2. The summed E-state index contributed by atoms with van der Waals surface area (Å²) in [5.74, 6) is 0.318. The van der Waals surface area contributed by atoms with E-state index in [1.807, 2.05) is 42.5 Å². The summed E-state index contributed by atoms with van der Waals surface area (Å²) < 4.78 is 0. The first-order valence-electron chi connectivity index (χ1n) is 12.9. The number of rotatable bonds is 2. The Morgan fingerprint density at radius 1 is 0.946 bits per heavy atom. The van der Waals surface area contributed by atoms with E-state index >= 15 is 0 Å². The summed E-state index contributed by atoms with van der Waals surface area (Å²) in [6.07, 6.45) is 2.93. The molecule has 1 aliphatic carbocycles. The van der Waals surface area contributed by atoms with Gasteiger partial charge in [0.1, 0.15) is 5.54 Å². The van der Waals surface area contributed by atoms with Gasteiger partial charge in [-0.2, -0.15) is 5.10 Å². The molecule has 3 aromatic rings. The lowest BCUT2D eigenvalue weighted by Gasteiger charge is -2.51.